The van der Waals surface area contributed by atoms with E-state index in [1.165, 1.54) is 64.2 Å². The molecule has 178 valence electrons. The van der Waals surface area contributed by atoms with Crippen LogP contribution in [0.2, 0.25) is 0 Å². The van der Waals surface area contributed by atoms with Gasteiger partial charge >= 0.3 is 5.97 Å². The number of nitrogens with zero attached hydrogens (tertiary/aromatic N) is 3. The molecule has 33 heavy (non-hydrogen) atoms. The molecule has 6 nitrogen and oxygen atoms in total. The summed E-state index contributed by atoms with van der Waals surface area (Å²) in [5.74, 6) is -0.617. The van der Waals surface area contributed by atoms with Crippen molar-refractivity contribution in [3.05, 3.63) is 40.3 Å². The molecule has 0 spiro atoms. The van der Waals surface area contributed by atoms with Crippen LogP contribution < -0.4 is 5.56 Å². The zero-order valence-corrected chi connectivity index (χ0v) is 19.9. The van der Waals surface area contributed by atoms with E-state index < -0.39 is 5.97 Å². The summed E-state index contributed by atoms with van der Waals surface area (Å²) >= 11 is 0. The van der Waals surface area contributed by atoms with Gasteiger partial charge in [0.25, 0.3) is 5.56 Å². The summed E-state index contributed by atoms with van der Waals surface area (Å²) < 4.78 is 7.05. The highest BCUT2D eigenvalue weighted by molar-refractivity contribution is 5.89. The minimum absolute atomic E-state index is 0.0804. The van der Waals surface area contributed by atoms with Crippen molar-refractivity contribution in [2.75, 3.05) is 6.61 Å². The first-order valence-electron chi connectivity index (χ1n) is 13.1. The highest BCUT2D eigenvalue weighted by Crippen LogP contribution is 2.42. The van der Waals surface area contributed by atoms with Crippen molar-refractivity contribution in [1.82, 2.24) is 14.5 Å². The van der Waals surface area contributed by atoms with Crippen LogP contribution in [0.4, 0.5) is 0 Å². The van der Waals surface area contributed by atoms with E-state index in [4.69, 9.17) is 4.74 Å². The van der Waals surface area contributed by atoms with Crippen LogP contribution >= 0.6 is 0 Å². The topological polar surface area (TPSA) is 64.4 Å². The van der Waals surface area contributed by atoms with E-state index in [2.05, 4.69) is 9.88 Å². The summed E-state index contributed by atoms with van der Waals surface area (Å²) in [6.45, 7) is 1.99. The zero-order valence-electron chi connectivity index (χ0n) is 19.9. The number of esters is 1. The molecule has 2 aromatic rings. The van der Waals surface area contributed by atoms with Crippen LogP contribution in [0, 0.1) is 0 Å². The number of ether oxygens (including phenoxy) is 1. The lowest BCUT2D eigenvalue weighted by molar-refractivity contribution is -0.0247. The third-order valence-electron chi connectivity index (χ3n) is 8.13. The fourth-order valence-electron chi connectivity index (χ4n) is 6.78. The van der Waals surface area contributed by atoms with Crippen LogP contribution in [0.5, 0.6) is 0 Å². The molecule has 0 radical (unpaired) electrons. The van der Waals surface area contributed by atoms with E-state index in [0.717, 1.165) is 18.4 Å². The van der Waals surface area contributed by atoms with Gasteiger partial charge in [-0.1, -0.05) is 50.7 Å². The third-order valence-corrected chi connectivity index (χ3v) is 8.13. The van der Waals surface area contributed by atoms with Crippen LogP contribution in [-0.4, -0.2) is 45.2 Å². The number of carbonyl (C=O) groups is 1. The third kappa shape index (κ3) is 4.46. The largest absolute Gasteiger partial charge is 0.461 e. The molecular weight excluding hydrogens is 414 g/mol. The van der Waals surface area contributed by atoms with Crippen LogP contribution in [0.3, 0.4) is 0 Å². The highest BCUT2D eigenvalue weighted by Gasteiger charge is 2.42. The first-order valence-corrected chi connectivity index (χ1v) is 13.1. The Balaban J connectivity index is 1.49. The minimum atomic E-state index is -0.617. The summed E-state index contributed by atoms with van der Waals surface area (Å²) in [5.41, 5.74) is 1.14. The van der Waals surface area contributed by atoms with Crippen molar-refractivity contribution < 1.29 is 9.53 Å². The molecule has 1 unspecified atom stereocenters. The zero-order chi connectivity index (χ0) is 22.8. The lowest BCUT2D eigenvalue weighted by atomic mass is 9.79. The van der Waals surface area contributed by atoms with Gasteiger partial charge in [-0.25, -0.2) is 9.78 Å². The quantitative estimate of drug-likeness (QED) is 0.595. The Morgan fingerprint density at radius 3 is 2.24 bits per heavy atom. The fraction of sp³-hybridized carbons (Fsp3) is 0.667. The lowest BCUT2D eigenvalue weighted by Crippen LogP contribution is -2.57. The van der Waals surface area contributed by atoms with Gasteiger partial charge in [-0.2, -0.15) is 0 Å². The summed E-state index contributed by atoms with van der Waals surface area (Å²) in [6.07, 6.45) is 15.1. The Morgan fingerprint density at radius 2 is 1.55 bits per heavy atom. The summed E-state index contributed by atoms with van der Waals surface area (Å²) in [5, 5.41) is 0. The van der Waals surface area contributed by atoms with Crippen LogP contribution in [0.25, 0.3) is 11.0 Å². The van der Waals surface area contributed by atoms with Gasteiger partial charge < -0.3 is 9.30 Å². The van der Waals surface area contributed by atoms with E-state index >= 15 is 0 Å². The second-order valence-corrected chi connectivity index (χ2v) is 10.2. The van der Waals surface area contributed by atoms with Crippen molar-refractivity contribution in [1.29, 1.82) is 0 Å². The molecule has 0 amide bonds. The average molecular weight is 452 g/mol. The maximum absolute atomic E-state index is 13.6. The molecule has 5 rings (SSSR count). The highest BCUT2D eigenvalue weighted by atomic mass is 16.5. The van der Waals surface area contributed by atoms with Gasteiger partial charge in [-0.05, 0) is 57.6 Å². The number of hydrogen-bond acceptors (Lipinski definition) is 5. The SMILES string of the molecule is CCOC(=O)c1nc2ccccc2n(C2C[C@H]3CCC[C@@H](C2)N3C2CCCCCCC2)c1=O. The second-order valence-electron chi connectivity index (χ2n) is 10.2. The molecule has 3 atom stereocenters. The van der Waals surface area contributed by atoms with Crippen LogP contribution in [-0.2, 0) is 4.74 Å². The number of para-hydroxylation sites is 2. The Hall–Kier alpha value is -2.21. The standard InChI is InChI=1S/C27H37N3O3/c1-2-33-27(32)25-26(31)30(24-16-9-8-15-23(24)28-25)22-17-20-13-10-14-21(18-22)29(20)19-11-6-4-3-5-7-12-19/h8-9,15-16,19-22H,2-7,10-14,17-18H2,1H3/t20-,21+,22?. The number of carbonyl (C=O) groups excluding carboxylic acids is 1. The Kier molecular flexibility index (Phi) is 6.81. The fourth-order valence-corrected chi connectivity index (χ4v) is 6.78. The number of benzene rings is 1. The predicted molar refractivity (Wildman–Crippen MR) is 130 cm³/mol. The first kappa shape index (κ1) is 22.6. The summed E-state index contributed by atoms with van der Waals surface area (Å²) in [7, 11) is 0. The molecule has 6 heteroatoms. The van der Waals surface area contributed by atoms with Crippen molar-refractivity contribution in [2.45, 2.75) is 108 Å². The van der Waals surface area contributed by atoms with E-state index in [1.54, 1.807) is 6.92 Å². The molecule has 0 N–H and O–H groups in total. The molecule has 1 saturated carbocycles. The van der Waals surface area contributed by atoms with E-state index in [1.807, 2.05) is 28.8 Å². The van der Waals surface area contributed by atoms with Crippen LogP contribution in [0.1, 0.15) is 101 Å². The molecule has 1 aliphatic carbocycles. The molecule has 2 bridgehead atoms. The van der Waals surface area contributed by atoms with Crippen LogP contribution in [0.15, 0.2) is 29.1 Å². The number of aromatic nitrogens is 2. The molecule has 1 aromatic heterocycles. The van der Waals surface area contributed by atoms with Crippen molar-refractivity contribution in [2.24, 2.45) is 0 Å². The molecular formula is C27H37N3O3. The van der Waals surface area contributed by atoms with Gasteiger partial charge in [-0.3, -0.25) is 9.69 Å². The smallest absolute Gasteiger partial charge is 0.362 e. The Bertz CT molecular complexity index is 1030. The predicted octanol–water partition coefficient (Wildman–Crippen LogP) is 5.24. The van der Waals surface area contributed by atoms with E-state index in [9.17, 15) is 9.59 Å². The van der Waals surface area contributed by atoms with Gasteiger partial charge in [0.05, 0.1) is 17.6 Å². The molecule has 3 fully saturated rings. The molecule has 2 saturated heterocycles. The van der Waals surface area contributed by atoms with Crippen molar-refractivity contribution in [3.63, 3.8) is 0 Å². The monoisotopic (exact) mass is 451 g/mol. The van der Waals surface area contributed by atoms with Crippen molar-refractivity contribution >= 4 is 17.0 Å². The normalized spacial score (nSPS) is 27.1. The maximum atomic E-state index is 13.6. The number of rotatable bonds is 4. The molecule has 3 heterocycles. The van der Waals surface area contributed by atoms with E-state index in [-0.39, 0.29) is 23.9 Å². The molecule has 2 aliphatic heterocycles. The summed E-state index contributed by atoms with van der Waals surface area (Å²) in [6, 6.07) is 9.56. The molecule has 1 aromatic carbocycles. The summed E-state index contributed by atoms with van der Waals surface area (Å²) in [4.78, 5) is 33.4. The van der Waals surface area contributed by atoms with Gasteiger partial charge in [0.2, 0.25) is 5.69 Å². The minimum Gasteiger partial charge on any atom is -0.461 e. The van der Waals surface area contributed by atoms with E-state index in [0.29, 0.717) is 23.6 Å². The van der Waals surface area contributed by atoms with Gasteiger partial charge in [0.1, 0.15) is 0 Å². The average Bonchev–Trinajstić information content (AvgIpc) is 2.78. The Labute approximate surface area is 196 Å². The van der Waals surface area contributed by atoms with Crippen molar-refractivity contribution in [3.8, 4) is 0 Å². The van der Waals surface area contributed by atoms with Gasteiger partial charge in [-0.15, -0.1) is 0 Å². The second kappa shape index (κ2) is 9.96. The lowest BCUT2D eigenvalue weighted by Gasteiger charge is -2.53. The first-order chi connectivity index (χ1) is 16.2. The number of fused-ring (bicyclic) bond motifs is 3. The van der Waals surface area contributed by atoms with Gasteiger partial charge in [0.15, 0.2) is 0 Å². The Morgan fingerprint density at radius 1 is 0.909 bits per heavy atom. The van der Waals surface area contributed by atoms with Gasteiger partial charge in [0, 0.05) is 24.2 Å². The number of hydrogen-bond donors (Lipinski definition) is 0. The molecule has 3 aliphatic rings. The number of piperidine rings is 2. The maximum Gasteiger partial charge on any atom is 0.362 e.